The normalized spacial score (nSPS) is 22.0. The molecule has 1 amide bonds. The molecule has 6 nitrogen and oxygen atoms in total. The lowest BCUT2D eigenvalue weighted by molar-refractivity contribution is -0.385. The summed E-state index contributed by atoms with van der Waals surface area (Å²) in [4.78, 5) is 24.6. The third-order valence-corrected chi connectivity index (χ3v) is 4.36. The molecule has 0 bridgehead atoms. The molecule has 21 heavy (non-hydrogen) atoms. The number of nitro benzene ring substituents is 1. The highest BCUT2D eigenvalue weighted by Crippen LogP contribution is 2.29. The summed E-state index contributed by atoms with van der Waals surface area (Å²) >= 11 is 6.15. The number of piperidine rings is 1. The number of nitrogens with zero attached hydrogens (tertiary/aromatic N) is 2. The van der Waals surface area contributed by atoms with Gasteiger partial charge in [0, 0.05) is 30.1 Å². The number of nitro groups is 1. The SMILES string of the molecule is COc1ccc(C(=O)N2CCC(Cl)C(C)C2)cc1[N+](=O)[O-]. The minimum atomic E-state index is -0.552. The molecule has 1 saturated heterocycles. The zero-order chi connectivity index (χ0) is 15.6. The number of amides is 1. The summed E-state index contributed by atoms with van der Waals surface area (Å²) in [5, 5.41) is 11.1. The molecule has 1 aliphatic rings. The van der Waals surface area contributed by atoms with Gasteiger partial charge in [-0.3, -0.25) is 14.9 Å². The first kappa shape index (κ1) is 15.6. The van der Waals surface area contributed by atoms with Gasteiger partial charge >= 0.3 is 5.69 Å². The molecule has 2 unspecified atom stereocenters. The minimum Gasteiger partial charge on any atom is -0.490 e. The smallest absolute Gasteiger partial charge is 0.311 e. The first-order valence-electron chi connectivity index (χ1n) is 6.69. The first-order chi connectivity index (χ1) is 9.93. The van der Waals surface area contributed by atoms with E-state index in [2.05, 4.69) is 0 Å². The Balaban J connectivity index is 2.23. The number of carbonyl (C=O) groups excluding carboxylic acids is 1. The predicted molar refractivity (Wildman–Crippen MR) is 79.0 cm³/mol. The van der Waals surface area contributed by atoms with Crippen LogP contribution < -0.4 is 4.74 Å². The molecule has 1 aliphatic heterocycles. The van der Waals surface area contributed by atoms with Crippen LogP contribution in [0.5, 0.6) is 5.75 Å². The van der Waals surface area contributed by atoms with Gasteiger partial charge in [0.2, 0.25) is 0 Å². The van der Waals surface area contributed by atoms with Crippen LogP contribution in [-0.4, -0.2) is 41.3 Å². The molecule has 1 fully saturated rings. The summed E-state index contributed by atoms with van der Waals surface area (Å²) in [6, 6.07) is 4.26. The molecule has 7 heteroatoms. The molecule has 114 valence electrons. The van der Waals surface area contributed by atoms with E-state index >= 15 is 0 Å². The van der Waals surface area contributed by atoms with Crippen LogP contribution in [0.3, 0.4) is 0 Å². The summed E-state index contributed by atoms with van der Waals surface area (Å²) in [6.45, 7) is 3.12. The van der Waals surface area contributed by atoms with Crippen molar-refractivity contribution in [3.05, 3.63) is 33.9 Å². The second kappa shape index (κ2) is 6.30. The van der Waals surface area contributed by atoms with Gasteiger partial charge in [-0.1, -0.05) is 6.92 Å². The molecule has 0 N–H and O–H groups in total. The Morgan fingerprint density at radius 3 is 2.81 bits per heavy atom. The first-order valence-corrected chi connectivity index (χ1v) is 7.13. The van der Waals surface area contributed by atoms with E-state index in [4.69, 9.17) is 16.3 Å². The molecule has 0 spiro atoms. The minimum absolute atomic E-state index is 0.0688. The fourth-order valence-electron chi connectivity index (χ4n) is 2.45. The van der Waals surface area contributed by atoms with E-state index in [0.29, 0.717) is 18.7 Å². The number of likely N-dealkylation sites (tertiary alicyclic amines) is 1. The van der Waals surface area contributed by atoms with Crippen molar-refractivity contribution in [1.82, 2.24) is 4.90 Å². The highest BCUT2D eigenvalue weighted by molar-refractivity contribution is 6.20. The topological polar surface area (TPSA) is 72.7 Å². The van der Waals surface area contributed by atoms with E-state index in [1.807, 2.05) is 6.92 Å². The van der Waals surface area contributed by atoms with Crippen molar-refractivity contribution >= 4 is 23.2 Å². The Labute approximate surface area is 127 Å². The fourth-order valence-corrected chi connectivity index (χ4v) is 2.63. The molecule has 2 atom stereocenters. The van der Waals surface area contributed by atoms with E-state index in [0.717, 1.165) is 6.42 Å². The number of hydrogen-bond donors (Lipinski definition) is 0. The fraction of sp³-hybridized carbons (Fsp3) is 0.500. The van der Waals surface area contributed by atoms with Crippen LogP contribution in [0.4, 0.5) is 5.69 Å². The van der Waals surface area contributed by atoms with Gasteiger partial charge in [0.05, 0.1) is 12.0 Å². The monoisotopic (exact) mass is 312 g/mol. The maximum absolute atomic E-state index is 12.4. The number of halogens is 1. The third kappa shape index (κ3) is 3.26. The van der Waals surface area contributed by atoms with Crippen molar-refractivity contribution in [2.45, 2.75) is 18.7 Å². The second-order valence-corrected chi connectivity index (χ2v) is 5.74. The summed E-state index contributed by atoms with van der Waals surface area (Å²) in [5.41, 5.74) is 0.0892. The van der Waals surface area contributed by atoms with Crippen LogP contribution in [0.15, 0.2) is 18.2 Å². The maximum Gasteiger partial charge on any atom is 0.311 e. The molecule has 2 rings (SSSR count). The van der Waals surface area contributed by atoms with Crippen molar-refractivity contribution in [2.75, 3.05) is 20.2 Å². The Kier molecular flexibility index (Phi) is 4.67. The molecular weight excluding hydrogens is 296 g/mol. The second-order valence-electron chi connectivity index (χ2n) is 5.18. The van der Waals surface area contributed by atoms with Crippen LogP contribution in [0.25, 0.3) is 0 Å². The number of benzene rings is 1. The lowest BCUT2D eigenvalue weighted by Gasteiger charge is -2.34. The Morgan fingerprint density at radius 2 is 2.24 bits per heavy atom. The van der Waals surface area contributed by atoms with E-state index in [1.54, 1.807) is 11.0 Å². The van der Waals surface area contributed by atoms with Gasteiger partial charge in [-0.2, -0.15) is 0 Å². The van der Waals surface area contributed by atoms with Crippen LogP contribution in [0.1, 0.15) is 23.7 Å². The summed E-state index contributed by atoms with van der Waals surface area (Å²) in [6.07, 6.45) is 0.729. The highest BCUT2D eigenvalue weighted by atomic mass is 35.5. The Morgan fingerprint density at radius 1 is 1.52 bits per heavy atom. The van der Waals surface area contributed by atoms with E-state index < -0.39 is 4.92 Å². The number of hydrogen-bond acceptors (Lipinski definition) is 4. The quantitative estimate of drug-likeness (QED) is 0.488. The van der Waals surface area contributed by atoms with Crippen molar-refractivity contribution < 1.29 is 14.5 Å². The number of alkyl halides is 1. The Hall–Kier alpha value is -1.82. The van der Waals surface area contributed by atoms with Gasteiger partial charge in [0.1, 0.15) is 0 Å². The van der Waals surface area contributed by atoms with E-state index in [1.165, 1.54) is 19.2 Å². The van der Waals surface area contributed by atoms with Crippen molar-refractivity contribution in [2.24, 2.45) is 5.92 Å². The number of carbonyl (C=O) groups is 1. The van der Waals surface area contributed by atoms with Crippen LogP contribution >= 0.6 is 11.6 Å². The molecule has 0 aromatic heterocycles. The molecule has 1 aromatic rings. The van der Waals surface area contributed by atoms with E-state index in [-0.39, 0.29) is 28.6 Å². The molecular formula is C14H17ClN2O4. The summed E-state index contributed by atoms with van der Waals surface area (Å²) in [7, 11) is 1.36. The van der Waals surface area contributed by atoms with Crippen molar-refractivity contribution in [3.8, 4) is 5.75 Å². The largest absolute Gasteiger partial charge is 0.490 e. The third-order valence-electron chi connectivity index (χ3n) is 3.71. The molecule has 0 saturated carbocycles. The molecule has 1 aromatic carbocycles. The average molecular weight is 313 g/mol. The van der Waals surface area contributed by atoms with Crippen LogP contribution in [0, 0.1) is 16.0 Å². The molecule has 0 aliphatic carbocycles. The van der Waals surface area contributed by atoms with Gasteiger partial charge in [-0.15, -0.1) is 11.6 Å². The summed E-state index contributed by atoms with van der Waals surface area (Å²) in [5.74, 6) is 0.137. The lowest BCUT2D eigenvalue weighted by atomic mass is 9.98. The maximum atomic E-state index is 12.4. The standard InChI is InChI=1S/C14H17ClN2O4/c1-9-8-16(6-5-11(9)15)14(18)10-3-4-13(21-2)12(7-10)17(19)20/h3-4,7,9,11H,5-6,8H2,1-2H3. The van der Waals surface area contributed by atoms with Gasteiger partial charge in [-0.25, -0.2) is 0 Å². The van der Waals surface area contributed by atoms with Gasteiger partial charge in [0.15, 0.2) is 5.75 Å². The van der Waals surface area contributed by atoms with Crippen LogP contribution in [0.2, 0.25) is 0 Å². The number of ether oxygens (including phenoxy) is 1. The van der Waals surface area contributed by atoms with Crippen LogP contribution in [-0.2, 0) is 0 Å². The molecule has 1 heterocycles. The van der Waals surface area contributed by atoms with E-state index in [9.17, 15) is 14.9 Å². The summed E-state index contributed by atoms with van der Waals surface area (Å²) < 4.78 is 4.93. The van der Waals surface area contributed by atoms with Gasteiger partial charge < -0.3 is 9.64 Å². The zero-order valence-electron chi connectivity index (χ0n) is 11.9. The van der Waals surface area contributed by atoms with Crippen molar-refractivity contribution in [1.29, 1.82) is 0 Å². The number of methoxy groups -OCH3 is 1. The Bertz CT molecular complexity index is 564. The zero-order valence-corrected chi connectivity index (χ0v) is 12.7. The van der Waals surface area contributed by atoms with Gasteiger partial charge in [-0.05, 0) is 24.5 Å². The predicted octanol–water partition coefficient (Wildman–Crippen LogP) is 2.69. The van der Waals surface area contributed by atoms with Gasteiger partial charge in [0.25, 0.3) is 5.91 Å². The lowest BCUT2D eigenvalue weighted by Crippen LogP contribution is -2.43. The highest BCUT2D eigenvalue weighted by Gasteiger charge is 2.29. The molecule has 0 radical (unpaired) electrons. The average Bonchev–Trinajstić information content (AvgIpc) is 2.48. The number of rotatable bonds is 3. The van der Waals surface area contributed by atoms with Crippen molar-refractivity contribution in [3.63, 3.8) is 0 Å².